The summed E-state index contributed by atoms with van der Waals surface area (Å²) in [6, 6.07) is 5.75. The molecule has 1 aromatic rings. The van der Waals surface area contributed by atoms with Crippen LogP contribution in [0.2, 0.25) is 5.02 Å². The molecule has 0 aromatic heterocycles. The van der Waals surface area contributed by atoms with Gasteiger partial charge in [-0.05, 0) is 55.7 Å². The first-order valence-electron chi connectivity index (χ1n) is 7.20. The summed E-state index contributed by atoms with van der Waals surface area (Å²) in [6.07, 6.45) is 4.84. The first-order valence-corrected chi connectivity index (χ1v) is 7.58. The molecule has 0 fully saturated rings. The number of carboxylic acids is 2. The molecule has 2 N–H and O–H groups in total. The maximum Gasteiger partial charge on any atom is 0.303 e. The van der Waals surface area contributed by atoms with Crippen LogP contribution in [0.1, 0.15) is 49.7 Å². The lowest BCUT2D eigenvalue weighted by Gasteiger charge is -2.11. The number of carboxylic acid groups (broad SMARTS) is 2. The Morgan fingerprint density at radius 2 is 1.48 bits per heavy atom. The summed E-state index contributed by atoms with van der Waals surface area (Å²) in [7, 11) is 0. The SMILES string of the molecule is O=C(O)CCCCc1cccc(Cl)c1CCCCC(=O)O. The van der Waals surface area contributed by atoms with Crippen LogP contribution in [0, 0.1) is 0 Å². The Balaban J connectivity index is 2.52. The number of unbranched alkanes of at least 4 members (excludes halogenated alkanes) is 2. The standard InChI is InChI=1S/C16H21ClO4/c17-14-9-5-7-12(6-1-3-10-15(18)19)13(14)8-2-4-11-16(20)21/h5,7,9H,1-4,6,8,10-11H2,(H,18,19)(H,20,21). The molecular weight excluding hydrogens is 292 g/mol. The Bertz CT molecular complexity index is 485. The monoisotopic (exact) mass is 312 g/mol. The second-order valence-corrected chi connectivity index (χ2v) is 5.49. The van der Waals surface area contributed by atoms with Crippen LogP contribution in [0.3, 0.4) is 0 Å². The first kappa shape index (κ1) is 17.5. The van der Waals surface area contributed by atoms with Gasteiger partial charge in [0.2, 0.25) is 0 Å². The van der Waals surface area contributed by atoms with E-state index < -0.39 is 11.9 Å². The van der Waals surface area contributed by atoms with Crippen LogP contribution in [0.4, 0.5) is 0 Å². The quantitative estimate of drug-likeness (QED) is 0.642. The average molecular weight is 313 g/mol. The van der Waals surface area contributed by atoms with Crippen molar-refractivity contribution in [3.05, 3.63) is 34.3 Å². The van der Waals surface area contributed by atoms with Crippen molar-refractivity contribution in [3.63, 3.8) is 0 Å². The fraction of sp³-hybridized carbons (Fsp3) is 0.500. The molecule has 0 aliphatic rings. The molecule has 5 heteroatoms. The number of hydrogen-bond donors (Lipinski definition) is 2. The van der Waals surface area contributed by atoms with E-state index in [1.807, 2.05) is 18.2 Å². The summed E-state index contributed by atoms with van der Waals surface area (Å²) in [5.41, 5.74) is 2.21. The molecule has 0 bridgehead atoms. The molecule has 21 heavy (non-hydrogen) atoms. The summed E-state index contributed by atoms with van der Waals surface area (Å²) in [5, 5.41) is 18.0. The van der Waals surface area contributed by atoms with Crippen LogP contribution in [0.15, 0.2) is 18.2 Å². The Labute approximate surface area is 129 Å². The van der Waals surface area contributed by atoms with Gasteiger partial charge in [-0.15, -0.1) is 0 Å². The van der Waals surface area contributed by atoms with Gasteiger partial charge >= 0.3 is 11.9 Å². The first-order chi connectivity index (χ1) is 10.0. The highest BCUT2D eigenvalue weighted by Crippen LogP contribution is 2.24. The van der Waals surface area contributed by atoms with Gasteiger partial charge < -0.3 is 10.2 Å². The van der Waals surface area contributed by atoms with Gasteiger partial charge in [0.05, 0.1) is 0 Å². The van der Waals surface area contributed by atoms with Crippen LogP contribution in [0.5, 0.6) is 0 Å². The third-order valence-electron chi connectivity index (χ3n) is 3.37. The minimum absolute atomic E-state index is 0.179. The van der Waals surface area contributed by atoms with Gasteiger partial charge in [0.25, 0.3) is 0 Å². The van der Waals surface area contributed by atoms with Gasteiger partial charge in [-0.3, -0.25) is 9.59 Å². The Morgan fingerprint density at radius 3 is 2.05 bits per heavy atom. The number of halogens is 1. The molecule has 0 aliphatic carbocycles. The Morgan fingerprint density at radius 1 is 0.905 bits per heavy atom. The van der Waals surface area contributed by atoms with Crippen molar-refractivity contribution in [2.45, 2.75) is 51.4 Å². The van der Waals surface area contributed by atoms with E-state index in [2.05, 4.69) is 0 Å². The Kier molecular flexibility index (Phi) is 7.83. The van der Waals surface area contributed by atoms with E-state index in [0.29, 0.717) is 17.9 Å². The largest absolute Gasteiger partial charge is 0.481 e. The normalized spacial score (nSPS) is 10.5. The van der Waals surface area contributed by atoms with Gasteiger partial charge in [0.1, 0.15) is 0 Å². The topological polar surface area (TPSA) is 74.6 Å². The van der Waals surface area contributed by atoms with E-state index >= 15 is 0 Å². The van der Waals surface area contributed by atoms with Gasteiger partial charge in [0.15, 0.2) is 0 Å². The van der Waals surface area contributed by atoms with Crippen LogP contribution in [-0.4, -0.2) is 22.2 Å². The van der Waals surface area contributed by atoms with Crippen molar-refractivity contribution in [2.24, 2.45) is 0 Å². The fourth-order valence-corrected chi connectivity index (χ4v) is 2.58. The molecule has 1 aromatic carbocycles. The van der Waals surface area contributed by atoms with Gasteiger partial charge in [-0.25, -0.2) is 0 Å². The molecule has 0 amide bonds. The maximum atomic E-state index is 10.5. The molecule has 4 nitrogen and oxygen atoms in total. The molecule has 0 aliphatic heterocycles. The predicted molar refractivity (Wildman–Crippen MR) is 81.8 cm³/mol. The van der Waals surface area contributed by atoms with Crippen LogP contribution >= 0.6 is 11.6 Å². The number of aliphatic carboxylic acids is 2. The highest BCUT2D eigenvalue weighted by atomic mass is 35.5. The van der Waals surface area contributed by atoms with Crippen molar-refractivity contribution >= 4 is 23.5 Å². The van der Waals surface area contributed by atoms with Crippen molar-refractivity contribution in [2.75, 3.05) is 0 Å². The third-order valence-corrected chi connectivity index (χ3v) is 3.72. The fourth-order valence-electron chi connectivity index (χ4n) is 2.29. The van der Waals surface area contributed by atoms with E-state index in [1.165, 1.54) is 0 Å². The molecule has 0 saturated heterocycles. The highest BCUT2D eigenvalue weighted by molar-refractivity contribution is 6.31. The molecule has 116 valence electrons. The van der Waals surface area contributed by atoms with Gasteiger partial charge in [-0.2, -0.15) is 0 Å². The van der Waals surface area contributed by atoms with Crippen LogP contribution in [0.25, 0.3) is 0 Å². The van der Waals surface area contributed by atoms with E-state index in [1.54, 1.807) is 0 Å². The molecule has 1 rings (SSSR count). The van der Waals surface area contributed by atoms with Gasteiger partial charge in [0, 0.05) is 17.9 Å². The number of aryl methyl sites for hydroxylation is 1. The average Bonchev–Trinajstić information content (AvgIpc) is 2.41. The number of carbonyl (C=O) groups is 2. The number of rotatable bonds is 10. The smallest absolute Gasteiger partial charge is 0.303 e. The molecule has 0 unspecified atom stereocenters. The van der Waals surface area contributed by atoms with Crippen LogP contribution < -0.4 is 0 Å². The number of hydrogen-bond acceptors (Lipinski definition) is 2. The number of benzene rings is 1. The van der Waals surface area contributed by atoms with E-state index in [9.17, 15) is 9.59 Å². The lowest BCUT2D eigenvalue weighted by atomic mass is 9.97. The summed E-state index contributed by atoms with van der Waals surface area (Å²) in [4.78, 5) is 21.0. The molecular formula is C16H21ClO4. The van der Waals surface area contributed by atoms with E-state index in [0.717, 1.165) is 36.8 Å². The second kappa shape index (κ2) is 9.40. The molecule has 0 spiro atoms. The maximum absolute atomic E-state index is 10.5. The summed E-state index contributed by atoms with van der Waals surface area (Å²) >= 11 is 6.22. The third kappa shape index (κ3) is 7.14. The van der Waals surface area contributed by atoms with Crippen molar-refractivity contribution in [1.29, 1.82) is 0 Å². The zero-order valence-electron chi connectivity index (χ0n) is 12.0. The summed E-state index contributed by atoms with van der Waals surface area (Å²) in [5.74, 6) is -1.54. The van der Waals surface area contributed by atoms with E-state index in [-0.39, 0.29) is 12.8 Å². The van der Waals surface area contributed by atoms with Crippen LogP contribution in [-0.2, 0) is 22.4 Å². The highest BCUT2D eigenvalue weighted by Gasteiger charge is 2.08. The molecule has 0 heterocycles. The van der Waals surface area contributed by atoms with E-state index in [4.69, 9.17) is 21.8 Å². The van der Waals surface area contributed by atoms with Crippen molar-refractivity contribution in [1.82, 2.24) is 0 Å². The molecule has 0 radical (unpaired) electrons. The lowest BCUT2D eigenvalue weighted by Crippen LogP contribution is -2.00. The second-order valence-electron chi connectivity index (χ2n) is 5.08. The van der Waals surface area contributed by atoms with Gasteiger partial charge in [-0.1, -0.05) is 23.7 Å². The Hall–Kier alpha value is -1.55. The minimum Gasteiger partial charge on any atom is -0.481 e. The molecule has 0 atom stereocenters. The summed E-state index contributed by atoms with van der Waals surface area (Å²) < 4.78 is 0. The zero-order valence-corrected chi connectivity index (χ0v) is 12.7. The van der Waals surface area contributed by atoms with Crippen molar-refractivity contribution in [3.8, 4) is 0 Å². The summed E-state index contributed by atoms with van der Waals surface area (Å²) in [6.45, 7) is 0. The zero-order chi connectivity index (χ0) is 15.7. The lowest BCUT2D eigenvalue weighted by molar-refractivity contribution is -0.138. The minimum atomic E-state index is -0.775. The van der Waals surface area contributed by atoms with Crippen molar-refractivity contribution < 1.29 is 19.8 Å². The predicted octanol–water partition coefficient (Wildman–Crippen LogP) is 3.93. The molecule has 0 saturated carbocycles.